The van der Waals surface area contributed by atoms with Crippen molar-refractivity contribution in [3.05, 3.63) is 29.6 Å². The number of rotatable bonds is 4. The number of hydrogen-bond donors (Lipinski definition) is 2. The lowest BCUT2D eigenvalue weighted by atomic mass is 10.1. The predicted molar refractivity (Wildman–Crippen MR) is 59.8 cm³/mol. The first-order valence-corrected chi connectivity index (χ1v) is 5.50. The fourth-order valence-electron chi connectivity index (χ4n) is 1.73. The monoisotopic (exact) mass is 253 g/mol. The maximum absolute atomic E-state index is 13.1. The highest BCUT2D eigenvalue weighted by atomic mass is 19.1. The van der Waals surface area contributed by atoms with Crippen molar-refractivity contribution >= 4 is 11.9 Å². The van der Waals surface area contributed by atoms with Crippen molar-refractivity contribution in [1.82, 2.24) is 4.90 Å². The summed E-state index contributed by atoms with van der Waals surface area (Å²) in [5.41, 5.74) is -0.205. The van der Waals surface area contributed by atoms with Crippen LogP contribution in [0.25, 0.3) is 0 Å². The maximum Gasteiger partial charge on any atom is 0.323 e. The lowest BCUT2D eigenvalue weighted by molar-refractivity contribution is -0.137. The SMILES string of the molecule is O=C(O)CN(C(=O)c1cc(F)ccc1O)C1CC1. The summed E-state index contributed by atoms with van der Waals surface area (Å²) in [7, 11) is 0. The number of phenols is 1. The van der Waals surface area contributed by atoms with Crippen molar-refractivity contribution < 1.29 is 24.2 Å². The standard InChI is InChI=1S/C12H12FNO4/c13-7-1-4-10(15)9(5-7)12(18)14(6-11(16)17)8-2-3-8/h1,4-5,8,15H,2-3,6H2,(H,16,17). The van der Waals surface area contributed by atoms with E-state index in [1.807, 2.05) is 0 Å². The van der Waals surface area contributed by atoms with E-state index in [4.69, 9.17) is 5.11 Å². The van der Waals surface area contributed by atoms with Crippen molar-refractivity contribution in [2.75, 3.05) is 6.54 Å². The van der Waals surface area contributed by atoms with Crippen LogP contribution in [0.3, 0.4) is 0 Å². The molecule has 2 rings (SSSR count). The number of nitrogens with zero attached hydrogens (tertiary/aromatic N) is 1. The van der Waals surface area contributed by atoms with Gasteiger partial charge in [0.2, 0.25) is 0 Å². The minimum absolute atomic E-state index is 0.128. The summed E-state index contributed by atoms with van der Waals surface area (Å²) in [5.74, 6) is -2.79. The van der Waals surface area contributed by atoms with Gasteiger partial charge in [-0.15, -0.1) is 0 Å². The molecule has 5 nitrogen and oxygen atoms in total. The third kappa shape index (κ3) is 2.58. The molecule has 0 radical (unpaired) electrons. The quantitative estimate of drug-likeness (QED) is 0.845. The van der Waals surface area contributed by atoms with Crippen LogP contribution < -0.4 is 0 Å². The number of carboxylic acid groups (broad SMARTS) is 1. The van der Waals surface area contributed by atoms with Crippen LogP contribution in [0, 0.1) is 5.82 Å². The zero-order valence-corrected chi connectivity index (χ0v) is 9.47. The first-order chi connectivity index (χ1) is 8.49. The van der Waals surface area contributed by atoms with Crippen LogP contribution in [-0.2, 0) is 4.79 Å². The van der Waals surface area contributed by atoms with E-state index in [0.29, 0.717) is 0 Å². The lowest BCUT2D eigenvalue weighted by Gasteiger charge is -2.20. The largest absolute Gasteiger partial charge is 0.507 e. The third-order valence-electron chi connectivity index (χ3n) is 2.74. The molecule has 1 saturated carbocycles. The number of benzene rings is 1. The molecule has 1 aromatic rings. The number of carboxylic acids is 1. The molecule has 0 bridgehead atoms. The van der Waals surface area contributed by atoms with Gasteiger partial charge < -0.3 is 15.1 Å². The fraction of sp³-hybridized carbons (Fsp3) is 0.333. The number of halogens is 1. The van der Waals surface area contributed by atoms with Crippen LogP contribution in [0.2, 0.25) is 0 Å². The van der Waals surface area contributed by atoms with Gasteiger partial charge in [-0.25, -0.2) is 4.39 Å². The summed E-state index contributed by atoms with van der Waals surface area (Å²) < 4.78 is 13.1. The van der Waals surface area contributed by atoms with E-state index in [2.05, 4.69) is 0 Å². The summed E-state index contributed by atoms with van der Waals surface area (Å²) in [5, 5.41) is 18.3. The van der Waals surface area contributed by atoms with Crippen LogP contribution in [-0.4, -0.2) is 39.6 Å². The molecule has 1 aliphatic rings. The predicted octanol–water partition coefficient (Wildman–Crippen LogP) is 1.22. The van der Waals surface area contributed by atoms with Gasteiger partial charge in [0.05, 0.1) is 5.56 Å². The topological polar surface area (TPSA) is 77.8 Å². The molecule has 0 aliphatic heterocycles. The van der Waals surface area contributed by atoms with Crippen molar-refractivity contribution in [1.29, 1.82) is 0 Å². The molecule has 1 amide bonds. The number of amides is 1. The molecule has 6 heteroatoms. The van der Waals surface area contributed by atoms with Gasteiger partial charge in [0.15, 0.2) is 0 Å². The van der Waals surface area contributed by atoms with E-state index in [-0.39, 0.29) is 17.4 Å². The Labute approximate surface area is 102 Å². The molecular weight excluding hydrogens is 241 g/mol. The molecule has 1 fully saturated rings. The number of phenolic OH excluding ortho intramolecular Hbond substituents is 1. The summed E-state index contributed by atoms with van der Waals surface area (Å²) in [6, 6.07) is 2.89. The number of carbonyl (C=O) groups is 2. The van der Waals surface area contributed by atoms with Gasteiger partial charge in [0, 0.05) is 6.04 Å². The third-order valence-corrected chi connectivity index (χ3v) is 2.74. The molecule has 2 N–H and O–H groups in total. The molecule has 18 heavy (non-hydrogen) atoms. The highest BCUT2D eigenvalue weighted by molar-refractivity contribution is 5.98. The average molecular weight is 253 g/mol. The maximum atomic E-state index is 13.1. The normalized spacial score (nSPS) is 14.3. The van der Waals surface area contributed by atoms with Crippen LogP contribution in [0.4, 0.5) is 4.39 Å². The van der Waals surface area contributed by atoms with Crippen molar-refractivity contribution in [3.8, 4) is 5.75 Å². The minimum atomic E-state index is -1.13. The smallest absolute Gasteiger partial charge is 0.323 e. The molecule has 0 spiro atoms. The van der Waals surface area contributed by atoms with Gasteiger partial charge in [0.25, 0.3) is 5.91 Å². The van der Waals surface area contributed by atoms with E-state index in [1.165, 1.54) is 0 Å². The minimum Gasteiger partial charge on any atom is -0.507 e. The Morgan fingerprint density at radius 1 is 1.39 bits per heavy atom. The molecular formula is C12H12FNO4. The zero-order chi connectivity index (χ0) is 13.3. The molecule has 0 atom stereocenters. The molecule has 0 saturated heterocycles. The van der Waals surface area contributed by atoms with Crippen LogP contribution in [0.5, 0.6) is 5.75 Å². The molecule has 0 unspecified atom stereocenters. The highest BCUT2D eigenvalue weighted by Gasteiger charge is 2.35. The molecule has 96 valence electrons. The second-order valence-electron chi connectivity index (χ2n) is 4.22. The Hall–Kier alpha value is -2.11. The second kappa shape index (κ2) is 4.64. The van der Waals surface area contributed by atoms with E-state index in [9.17, 15) is 19.1 Å². The average Bonchev–Trinajstić information content (AvgIpc) is 3.12. The van der Waals surface area contributed by atoms with Crippen LogP contribution >= 0.6 is 0 Å². The summed E-state index contributed by atoms with van der Waals surface area (Å²) in [6.45, 7) is -0.445. The highest BCUT2D eigenvalue weighted by Crippen LogP contribution is 2.30. The number of aliphatic carboxylic acids is 1. The zero-order valence-electron chi connectivity index (χ0n) is 9.47. The van der Waals surface area contributed by atoms with Gasteiger partial charge in [-0.05, 0) is 31.0 Å². The van der Waals surface area contributed by atoms with Gasteiger partial charge >= 0.3 is 5.97 Å². The lowest BCUT2D eigenvalue weighted by Crippen LogP contribution is -2.37. The molecule has 0 heterocycles. The molecule has 1 aliphatic carbocycles. The molecule has 0 aromatic heterocycles. The van der Waals surface area contributed by atoms with E-state index >= 15 is 0 Å². The fourth-order valence-corrected chi connectivity index (χ4v) is 1.73. The number of hydrogen-bond acceptors (Lipinski definition) is 3. The first-order valence-electron chi connectivity index (χ1n) is 5.50. The van der Waals surface area contributed by atoms with Gasteiger partial charge in [-0.1, -0.05) is 0 Å². The Bertz CT molecular complexity index is 499. The Morgan fingerprint density at radius 3 is 2.61 bits per heavy atom. The van der Waals surface area contributed by atoms with E-state index < -0.39 is 24.2 Å². The van der Waals surface area contributed by atoms with Crippen molar-refractivity contribution in [2.45, 2.75) is 18.9 Å². The Kier molecular flexibility index (Phi) is 3.18. The van der Waals surface area contributed by atoms with Crippen LogP contribution in [0.1, 0.15) is 23.2 Å². The van der Waals surface area contributed by atoms with Crippen molar-refractivity contribution in [2.24, 2.45) is 0 Å². The number of carbonyl (C=O) groups excluding carboxylic acids is 1. The summed E-state index contributed by atoms with van der Waals surface area (Å²) in [4.78, 5) is 23.9. The van der Waals surface area contributed by atoms with Crippen LogP contribution in [0.15, 0.2) is 18.2 Å². The summed E-state index contributed by atoms with van der Waals surface area (Å²) >= 11 is 0. The molecule has 1 aromatic carbocycles. The van der Waals surface area contributed by atoms with Crippen molar-refractivity contribution in [3.63, 3.8) is 0 Å². The summed E-state index contributed by atoms with van der Waals surface area (Å²) in [6.07, 6.45) is 1.46. The second-order valence-corrected chi connectivity index (χ2v) is 4.22. The van der Waals surface area contributed by atoms with Gasteiger partial charge in [-0.3, -0.25) is 9.59 Å². The van der Waals surface area contributed by atoms with Gasteiger partial charge in [-0.2, -0.15) is 0 Å². The number of aromatic hydroxyl groups is 1. The van der Waals surface area contributed by atoms with E-state index in [0.717, 1.165) is 35.9 Å². The van der Waals surface area contributed by atoms with Gasteiger partial charge in [0.1, 0.15) is 18.1 Å². The van der Waals surface area contributed by atoms with E-state index in [1.54, 1.807) is 0 Å². The first kappa shape index (κ1) is 12.3. The Morgan fingerprint density at radius 2 is 2.06 bits per heavy atom. The Balaban J connectivity index is 2.27.